The van der Waals surface area contributed by atoms with Crippen LogP contribution in [0.2, 0.25) is 0 Å². The fourth-order valence-electron chi connectivity index (χ4n) is 15.3. The van der Waals surface area contributed by atoms with E-state index in [1.807, 2.05) is 103 Å². The number of aromatic nitrogens is 12. The molecule has 0 unspecified atom stereocenters. The molecule has 8 aromatic carbocycles. The van der Waals surface area contributed by atoms with E-state index in [1.54, 1.807) is 14.2 Å². The monoisotopic (exact) mass is 1500 g/mol. The molecule has 20 rings (SSSR count). The maximum Gasteiger partial charge on any atom is 0.145 e. The van der Waals surface area contributed by atoms with Crippen LogP contribution in [0, 0.1) is 48.5 Å². The number of aryl methyl sites for hydroxylation is 7. The lowest BCUT2D eigenvalue weighted by Crippen LogP contribution is -2.01. The number of benzene rings is 8. The summed E-state index contributed by atoms with van der Waals surface area (Å²) in [5, 5.41) is 4.42. The minimum Gasteiger partial charge on any atom is -0.497 e. The van der Waals surface area contributed by atoms with Crippen molar-refractivity contribution in [2.45, 2.75) is 48.5 Å². The number of methoxy groups -OCH3 is 2. The van der Waals surface area contributed by atoms with Crippen LogP contribution in [0.4, 0.5) is 0 Å². The summed E-state index contributed by atoms with van der Waals surface area (Å²) < 4.78 is 28.2. The maximum atomic E-state index is 5.75. The van der Waals surface area contributed by atoms with Crippen molar-refractivity contribution in [2.75, 3.05) is 14.2 Å². The molecule has 14 nitrogen and oxygen atoms in total. The van der Waals surface area contributed by atoms with E-state index < -0.39 is 0 Å². The van der Waals surface area contributed by atoms with E-state index in [1.165, 1.54) is 44.5 Å². The summed E-state index contributed by atoms with van der Waals surface area (Å²) in [6.45, 7) is 14.9. The van der Waals surface area contributed by atoms with Crippen molar-refractivity contribution < 1.29 is 9.47 Å². The molecule has 115 heavy (non-hydrogen) atoms. The smallest absolute Gasteiger partial charge is 0.145 e. The molecule has 0 fully saturated rings. The van der Waals surface area contributed by atoms with Gasteiger partial charge in [-0.05, 0) is 277 Å². The predicted octanol–water partition coefficient (Wildman–Crippen LogP) is 24.1. The Morgan fingerprint density at radius 1 is 0.217 bits per heavy atom. The number of hydrogen-bond donors (Lipinski definition) is 0. The Morgan fingerprint density at radius 2 is 0.539 bits per heavy atom. The summed E-state index contributed by atoms with van der Waals surface area (Å²) >= 11 is 0. The Morgan fingerprint density at radius 3 is 0.896 bits per heavy atom. The first-order chi connectivity index (χ1) is 56.2. The zero-order valence-electron chi connectivity index (χ0n) is 65.7. The van der Waals surface area contributed by atoms with Crippen LogP contribution < -0.4 is 9.47 Å². The Hall–Kier alpha value is -14.8. The zero-order valence-corrected chi connectivity index (χ0v) is 65.7. The Kier molecular flexibility index (Phi) is 20.3. The average molecular weight is 1500 g/mol. The van der Waals surface area contributed by atoms with Crippen molar-refractivity contribution >= 4 is 43.6 Å². The van der Waals surface area contributed by atoms with E-state index in [4.69, 9.17) is 29.4 Å². The first-order valence-corrected chi connectivity index (χ1v) is 38.6. The van der Waals surface area contributed by atoms with Gasteiger partial charge >= 0.3 is 0 Å². The third-order valence-electron chi connectivity index (χ3n) is 21.0. The molecule has 0 atom stereocenters. The van der Waals surface area contributed by atoms with Gasteiger partial charge in [-0.1, -0.05) is 70.8 Å². The van der Waals surface area contributed by atoms with E-state index in [0.717, 1.165) is 140 Å². The van der Waals surface area contributed by atoms with Crippen molar-refractivity contribution in [3.05, 3.63) is 399 Å². The third-order valence-corrected chi connectivity index (χ3v) is 21.0. The normalized spacial score (nSPS) is 11.2. The highest BCUT2D eigenvalue weighted by Crippen LogP contribution is 2.38. The number of ether oxygens (including phenoxy) is 2. The van der Waals surface area contributed by atoms with Crippen molar-refractivity contribution in [3.8, 4) is 102 Å². The van der Waals surface area contributed by atoms with Crippen molar-refractivity contribution in [1.82, 2.24) is 56.5 Å². The van der Waals surface area contributed by atoms with Gasteiger partial charge in [-0.15, -0.1) is 0 Å². The molecular formula is C101H86N12O2. The molecule has 0 amide bonds. The van der Waals surface area contributed by atoms with E-state index in [-0.39, 0.29) is 0 Å². The van der Waals surface area contributed by atoms with Crippen LogP contribution >= 0.6 is 0 Å². The molecule has 0 saturated carbocycles. The number of hydrogen-bond acceptors (Lipinski definition) is 6. The van der Waals surface area contributed by atoms with Crippen LogP contribution in [0.15, 0.2) is 360 Å². The number of pyridine rings is 4. The second kappa shape index (κ2) is 31.9. The fourth-order valence-corrected chi connectivity index (χ4v) is 15.3. The van der Waals surface area contributed by atoms with Crippen molar-refractivity contribution in [1.29, 1.82) is 0 Å². The van der Waals surface area contributed by atoms with Crippen LogP contribution in [0.5, 0.6) is 11.5 Å². The van der Waals surface area contributed by atoms with Crippen LogP contribution in [0.3, 0.4) is 0 Å². The van der Waals surface area contributed by atoms with E-state index in [2.05, 4.69) is 342 Å². The highest BCUT2D eigenvalue weighted by Gasteiger charge is 2.19. The van der Waals surface area contributed by atoms with E-state index >= 15 is 0 Å². The standard InChI is InChI=1S/C26H23N3O.C26H23N3.C25H21N3.C24H19N3O/c1-18-12-19(2)14-21(13-18)26-25(30-3)16-20-15-23(28-8-4-5-9-28)24(17-22(20)27-26)29-10-6-7-11-29;1-18-12-19(2)14-22(13-18)26-20(3)15-21-16-24(28-8-4-5-9-28)25(17-23(21)27-26)29-10-6-7-11-29;1-18-7-8-20(15-19(18)2)22-10-9-21-16-24(27-11-3-4-12-27)25(17-23(21)26-22)28-13-5-6-14-28;1-28-20-8-6-7-18(15-20)21-10-9-19-16-23(26-11-2-3-12-26)24(17-22(19)25-21)27-13-4-5-14-27/h4-17H,1-3H3;4-17H,1-3H3;3-17H,1-2H3;2-17H,1H3. The molecule has 14 heteroatoms. The molecular weight excluding hydrogens is 1410 g/mol. The second-order valence-corrected chi connectivity index (χ2v) is 29.2. The van der Waals surface area contributed by atoms with E-state index in [9.17, 15) is 0 Å². The third kappa shape index (κ3) is 15.5. The highest BCUT2D eigenvalue weighted by molar-refractivity contribution is 5.92. The van der Waals surface area contributed by atoms with Gasteiger partial charge in [0.15, 0.2) is 0 Å². The van der Waals surface area contributed by atoms with Gasteiger partial charge in [-0.3, -0.25) is 0 Å². The summed E-state index contributed by atoms with van der Waals surface area (Å²) in [6, 6.07) is 90.6. The van der Waals surface area contributed by atoms with Gasteiger partial charge in [0.05, 0.1) is 98.9 Å². The summed E-state index contributed by atoms with van der Waals surface area (Å²) in [6.07, 6.45) is 33.1. The molecule has 0 aliphatic rings. The van der Waals surface area contributed by atoms with Gasteiger partial charge < -0.3 is 46.0 Å². The first-order valence-electron chi connectivity index (χ1n) is 38.6. The minimum absolute atomic E-state index is 0.777. The molecule has 12 aromatic heterocycles. The Balaban J connectivity index is 0.000000111. The molecule has 20 aromatic rings. The van der Waals surface area contributed by atoms with Gasteiger partial charge in [-0.25, -0.2) is 19.9 Å². The summed E-state index contributed by atoms with van der Waals surface area (Å²) in [5.74, 6) is 1.61. The second-order valence-electron chi connectivity index (χ2n) is 29.2. The highest BCUT2D eigenvalue weighted by atomic mass is 16.5. The van der Waals surface area contributed by atoms with Crippen LogP contribution in [-0.2, 0) is 0 Å². The molecule has 0 radical (unpaired) electrons. The van der Waals surface area contributed by atoms with Gasteiger partial charge in [0.25, 0.3) is 0 Å². The molecule has 0 aliphatic carbocycles. The summed E-state index contributed by atoms with van der Waals surface area (Å²) in [5.41, 5.74) is 29.8. The van der Waals surface area contributed by atoms with Gasteiger partial charge in [-0.2, -0.15) is 0 Å². The fraction of sp³-hybridized carbons (Fsp3) is 0.0891. The van der Waals surface area contributed by atoms with Gasteiger partial charge in [0.1, 0.15) is 17.2 Å². The van der Waals surface area contributed by atoms with Crippen molar-refractivity contribution in [3.63, 3.8) is 0 Å². The quantitative estimate of drug-likeness (QED) is 0.107. The van der Waals surface area contributed by atoms with Crippen LogP contribution in [0.25, 0.3) is 134 Å². The summed E-state index contributed by atoms with van der Waals surface area (Å²) in [7, 11) is 3.38. The van der Waals surface area contributed by atoms with E-state index in [0.29, 0.717) is 0 Å². The molecule has 12 heterocycles. The number of nitrogens with zero attached hydrogens (tertiary/aromatic N) is 12. The molecule has 0 spiro atoms. The Labute approximate surface area is 669 Å². The molecule has 0 aliphatic heterocycles. The average Bonchev–Trinajstić information content (AvgIpc) is 1.15. The maximum absolute atomic E-state index is 5.75. The van der Waals surface area contributed by atoms with Crippen LogP contribution in [-0.4, -0.2) is 70.7 Å². The lowest BCUT2D eigenvalue weighted by atomic mass is 10.00. The zero-order chi connectivity index (χ0) is 78.6. The molecule has 0 bridgehead atoms. The molecule has 0 saturated heterocycles. The van der Waals surface area contributed by atoms with Crippen molar-refractivity contribution in [2.24, 2.45) is 0 Å². The minimum atomic E-state index is 0.777. The molecule has 0 N–H and O–H groups in total. The number of rotatable bonds is 14. The summed E-state index contributed by atoms with van der Waals surface area (Å²) in [4.78, 5) is 20.1. The molecule has 562 valence electrons. The van der Waals surface area contributed by atoms with Crippen LogP contribution in [0.1, 0.15) is 38.9 Å². The first kappa shape index (κ1) is 73.1. The Bertz CT molecular complexity index is 6750. The lowest BCUT2D eigenvalue weighted by Gasteiger charge is -2.16. The van der Waals surface area contributed by atoms with Gasteiger partial charge in [0.2, 0.25) is 0 Å². The topological polar surface area (TPSA) is 109 Å². The predicted molar refractivity (Wildman–Crippen MR) is 470 cm³/mol. The SMILES string of the molecule is COc1cc2cc(-n3cccc3)c(-n3cccc3)cc2nc1-c1cc(C)cc(C)c1.COc1cccc(-c2ccc3cc(-n4cccc4)c(-n4cccc4)cc3n2)c1.Cc1cc(C)cc(-c2nc3cc(-n4cccc4)c(-n4cccc4)cc3cc2C)c1.Cc1ccc(-c2ccc3cc(-n4cccc4)c(-n4cccc4)cc3n2)cc1C. The number of fused-ring (bicyclic) bond motifs is 4. The largest absolute Gasteiger partial charge is 0.497 e. The lowest BCUT2D eigenvalue weighted by molar-refractivity contribution is 0.415. The van der Waals surface area contributed by atoms with Gasteiger partial charge in [0, 0.05) is 143 Å².